The van der Waals surface area contributed by atoms with Crippen molar-refractivity contribution in [2.24, 2.45) is 0 Å². The Morgan fingerprint density at radius 3 is 2.41 bits per heavy atom. The van der Waals surface area contributed by atoms with Crippen LogP contribution in [0.5, 0.6) is 0 Å². The number of hydrogen-bond donors (Lipinski definition) is 1. The van der Waals surface area contributed by atoms with Gasteiger partial charge in [0.05, 0.1) is 0 Å². The molecule has 0 heterocycles. The summed E-state index contributed by atoms with van der Waals surface area (Å²) in [6.45, 7) is -0.517. The first-order valence-electron chi connectivity index (χ1n) is 10.3. The molecular weight excluding hydrogens is 394 g/mol. The lowest BCUT2D eigenvalue weighted by Gasteiger charge is -2.44. The van der Waals surface area contributed by atoms with Gasteiger partial charge in [-0.2, -0.15) is 0 Å². The number of ether oxygens (including phenoxy) is 1. The molecule has 6 nitrogen and oxygen atoms in total. The first-order chi connectivity index (χ1) is 13.8. The number of carbonyl (C=O) groups excluding carboxylic acids is 3. The van der Waals surface area contributed by atoms with Crippen LogP contribution in [0, 0.1) is 0 Å². The van der Waals surface area contributed by atoms with E-state index in [4.69, 9.17) is 16.3 Å². The molecule has 1 N–H and O–H groups in total. The Morgan fingerprint density at radius 1 is 1.10 bits per heavy atom. The number of rotatable bonds is 5. The van der Waals surface area contributed by atoms with Crippen molar-refractivity contribution >= 4 is 29.3 Å². The third kappa shape index (κ3) is 4.19. The van der Waals surface area contributed by atoms with Crippen LogP contribution in [-0.4, -0.2) is 46.9 Å². The van der Waals surface area contributed by atoms with E-state index < -0.39 is 29.6 Å². The van der Waals surface area contributed by atoms with Crippen LogP contribution in [0.1, 0.15) is 63.4 Å². The van der Waals surface area contributed by atoms with Gasteiger partial charge < -0.3 is 14.7 Å². The molecule has 1 aromatic carbocycles. The molecule has 7 heteroatoms. The number of ketones is 1. The minimum Gasteiger partial charge on any atom is -0.453 e. The normalized spacial score (nSPS) is 24.0. The zero-order valence-electron chi connectivity index (χ0n) is 16.8. The lowest BCUT2D eigenvalue weighted by atomic mass is 9.74. The fraction of sp³-hybridized carbons (Fsp3) is 0.591. The molecule has 0 radical (unpaired) electrons. The van der Waals surface area contributed by atoms with Crippen molar-refractivity contribution in [3.8, 4) is 0 Å². The van der Waals surface area contributed by atoms with Crippen LogP contribution in [0.15, 0.2) is 24.3 Å². The summed E-state index contributed by atoms with van der Waals surface area (Å²) in [5, 5.41) is 10.9. The van der Waals surface area contributed by atoms with Crippen LogP contribution in [0.2, 0.25) is 5.02 Å². The predicted octanol–water partition coefficient (Wildman–Crippen LogP) is 3.38. The van der Waals surface area contributed by atoms with Crippen LogP contribution >= 0.6 is 11.6 Å². The van der Waals surface area contributed by atoms with Crippen molar-refractivity contribution in [3.63, 3.8) is 0 Å². The average Bonchev–Trinajstić information content (AvgIpc) is 2.73. The third-order valence-electron chi connectivity index (χ3n) is 6.31. The second-order valence-electron chi connectivity index (χ2n) is 8.09. The predicted molar refractivity (Wildman–Crippen MR) is 108 cm³/mol. The number of aliphatic hydroxyl groups is 1. The van der Waals surface area contributed by atoms with E-state index in [-0.39, 0.29) is 5.78 Å². The summed E-state index contributed by atoms with van der Waals surface area (Å²) in [7, 11) is 1.55. The van der Waals surface area contributed by atoms with Gasteiger partial charge >= 0.3 is 5.97 Å². The van der Waals surface area contributed by atoms with Crippen LogP contribution in [0.25, 0.3) is 0 Å². The number of likely N-dealkylation sites (N-methyl/N-ethyl adjacent to an activating group) is 1. The van der Waals surface area contributed by atoms with Gasteiger partial charge in [-0.15, -0.1) is 0 Å². The first-order valence-corrected chi connectivity index (χ1v) is 10.6. The van der Waals surface area contributed by atoms with Crippen LogP contribution in [0.3, 0.4) is 0 Å². The summed E-state index contributed by atoms with van der Waals surface area (Å²) in [4.78, 5) is 39.7. The molecule has 3 rings (SSSR count). The van der Waals surface area contributed by atoms with Gasteiger partial charge in [0.25, 0.3) is 5.91 Å². The maximum atomic E-state index is 13.1. The highest BCUT2D eigenvalue weighted by molar-refractivity contribution is 6.31. The zero-order chi connectivity index (χ0) is 21.1. The Balaban J connectivity index is 1.78. The Labute approximate surface area is 176 Å². The van der Waals surface area contributed by atoms with E-state index in [0.717, 1.165) is 32.1 Å². The molecule has 0 spiro atoms. The lowest BCUT2D eigenvalue weighted by molar-refractivity contribution is -0.173. The van der Waals surface area contributed by atoms with Gasteiger partial charge in [0.15, 0.2) is 18.0 Å². The topological polar surface area (TPSA) is 83.9 Å². The van der Waals surface area contributed by atoms with Gasteiger partial charge in [0.2, 0.25) is 0 Å². The second-order valence-corrected chi connectivity index (χ2v) is 8.50. The molecule has 0 aliphatic heterocycles. The van der Waals surface area contributed by atoms with Crippen LogP contribution in [0.4, 0.5) is 0 Å². The van der Waals surface area contributed by atoms with Crippen molar-refractivity contribution in [1.29, 1.82) is 0 Å². The van der Waals surface area contributed by atoms with Gasteiger partial charge in [-0.25, -0.2) is 4.79 Å². The molecule has 2 aliphatic rings. The highest BCUT2D eigenvalue weighted by Crippen LogP contribution is 2.42. The molecule has 1 unspecified atom stereocenters. The SMILES string of the molecule is CN(C(=O)COC(=O)C1(O)CCCCC1)C1(c2ccccc2Cl)CCCCC1=O. The number of carbonyl (C=O) groups is 3. The van der Waals surface area contributed by atoms with Gasteiger partial charge in [0, 0.05) is 24.1 Å². The maximum Gasteiger partial charge on any atom is 0.338 e. The number of nitrogens with zero attached hydrogens (tertiary/aromatic N) is 1. The summed E-state index contributed by atoms with van der Waals surface area (Å²) in [5.41, 5.74) is -2.08. The maximum absolute atomic E-state index is 13.1. The molecule has 1 atom stereocenters. The summed E-state index contributed by atoms with van der Waals surface area (Å²) in [5.74, 6) is -1.32. The van der Waals surface area contributed by atoms with Crippen molar-refractivity contribution in [1.82, 2.24) is 4.90 Å². The standard InChI is InChI=1S/C22H28ClNO5/c1-24(19(26)15-29-20(27)21(28)12-6-2-7-13-21)22(14-8-5-11-18(22)25)16-9-3-4-10-17(16)23/h3-4,9-10,28H,2,5-8,11-15H2,1H3. The number of hydrogen-bond acceptors (Lipinski definition) is 5. The van der Waals surface area contributed by atoms with E-state index >= 15 is 0 Å². The second kappa shape index (κ2) is 8.84. The number of Topliss-reactive ketones (excluding diaryl/α,β-unsaturated/α-hetero) is 1. The van der Waals surface area contributed by atoms with Gasteiger partial charge in [0.1, 0.15) is 5.54 Å². The fourth-order valence-electron chi connectivity index (χ4n) is 4.54. The molecule has 2 fully saturated rings. The van der Waals surface area contributed by atoms with Crippen molar-refractivity contribution < 1.29 is 24.2 Å². The van der Waals surface area contributed by atoms with Gasteiger partial charge in [-0.3, -0.25) is 9.59 Å². The summed E-state index contributed by atoms with van der Waals surface area (Å²) in [6.07, 6.45) is 5.56. The Bertz CT molecular complexity index is 789. The molecule has 1 aromatic rings. The summed E-state index contributed by atoms with van der Waals surface area (Å²) < 4.78 is 5.18. The van der Waals surface area contributed by atoms with Crippen molar-refractivity contribution in [2.75, 3.05) is 13.7 Å². The molecule has 0 saturated heterocycles. The summed E-state index contributed by atoms with van der Waals surface area (Å²) in [6, 6.07) is 7.05. The van der Waals surface area contributed by atoms with Crippen molar-refractivity contribution in [3.05, 3.63) is 34.9 Å². The molecule has 2 saturated carbocycles. The van der Waals surface area contributed by atoms with E-state index in [9.17, 15) is 19.5 Å². The first kappa shape index (κ1) is 21.8. The van der Waals surface area contributed by atoms with E-state index in [2.05, 4.69) is 0 Å². The highest BCUT2D eigenvalue weighted by atomic mass is 35.5. The zero-order valence-corrected chi connectivity index (χ0v) is 17.5. The minimum absolute atomic E-state index is 0.0649. The minimum atomic E-state index is -1.52. The number of halogens is 1. The average molecular weight is 422 g/mol. The van der Waals surface area contributed by atoms with Gasteiger partial charge in [-0.05, 0) is 51.0 Å². The third-order valence-corrected chi connectivity index (χ3v) is 6.64. The quantitative estimate of drug-likeness (QED) is 0.737. The van der Waals surface area contributed by atoms with E-state index in [0.29, 0.717) is 36.3 Å². The molecule has 0 bridgehead atoms. The monoisotopic (exact) mass is 421 g/mol. The van der Waals surface area contributed by atoms with E-state index in [1.807, 2.05) is 0 Å². The molecule has 2 aliphatic carbocycles. The highest BCUT2D eigenvalue weighted by Gasteiger charge is 2.48. The Hall–Kier alpha value is -1.92. The van der Waals surface area contributed by atoms with E-state index in [1.165, 1.54) is 4.90 Å². The number of benzene rings is 1. The molecule has 29 heavy (non-hydrogen) atoms. The number of esters is 1. The Morgan fingerprint density at radius 2 is 1.76 bits per heavy atom. The molecule has 0 aromatic heterocycles. The fourth-order valence-corrected chi connectivity index (χ4v) is 4.83. The largest absolute Gasteiger partial charge is 0.453 e. The molecule has 158 valence electrons. The molecule has 1 amide bonds. The molecular formula is C22H28ClNO5. The van der Waals surface area contributed by atoms with Gasteiger partial charge in [-0.1, -0.05) is 36.2 Å². The number of amides is 1. The van der Waals surface area contributed by atoms with Crippen molar-refractivity contribution in [2.45, 2.75) is 68.9 Å². The Kier molecular flexibility index (Phi) is 6.64. The summed E-state index contributed by atoms with van der Waals surface area (Å²) >= 11 is 6.40. The smallest absolute Gasteiger partial charge is 0.338 e. The van der Waals surface area contributed by atoms with Crippen LogP contribution in [-0.2, 0) is 24.7 Å². The lowest BCUT2D eigenvalue weighted by Crippen LogP contribution is -2.55. The van der Waals surface area contributed by atoms with E-state index in [1.54, 1.807) is 31.3 Å². The van der Waals surface area contributed by atoms with Crippen LogP contribution < -0.4 is 0 Å².